The maximum absolute atomic E-state index is 12.0. The molecule has 19 heavy (non-hydrogen) atoms. The second kappa shape index (κ2) is 6.37. The van der Waals surface area contributed by atoms with Crippen molar-refractivity contribution in [3.8, 4) is 0 Å². The Morgan fingerprint density at radius 3 is 2.63 bits per heavy atom. The van der Waals surface area contributed by atoms with Gasteiger partial charge < -0.3 is 5.11 Å². The molecule has 0 amide bonds. The monoisotopic (exact) mass is 326 g/mol. The van der Waals surface area contributed by atoms with E-state index >= 15 is 0 Å². The summed E-state index contributed by atoms with van der Waals surface area (Å²) in [4.78, 5) is 3.59. The Morgan fingerprint density at radius 2 is 2.11 bits per heavy atom. The molecule has 0 spiro atoms. The molecule has 2 N–H and O–H groups in total. The molecule has 0 radical (unpaired) electrons. The molecule has 1 unspecified atom stereocenters. The number of nitrogens with one attached hydrogen (secondary N) is 1. The third-order valence-electron chi connectivity index (χ3n) is 2.51. The van der Waals surface area contributed by atoms with Crippen molar-refractivity contribution in [2.24, 2.45) is 0 Å². The fraction of sp³-hybridized carbons (Fsp3) is 0.545. The van der Waals surface area contributed by atoms with Crippen LogP contribution in [0.4, 0.5) is 0 Å². The van der Waals surface area contributed by atoms with Gasteiger partial charge in [-0.25, -0.2) is 18.1 Å². The highest BCUT2D eigenvalue weighted by Crippen LogP contribution is 2.22. The highest BCUT2D eigenvalue weighted by molar-refractivity contribution is 7.89. The SMILES string of the molecule is CCCC(C)(O)CNS(=O)(=O)c1cnc(Cl)c(Cl)c1. The molecule has 8 heteroatoms. The zero-order valence-electron chi connectivity index (χ0n) is 10.7. The van der Waals surface area contributed by atoms with Crippen LogP contribution in [0.5, 0.6) is 0 Å². The van der Waals surface area contributed by atoms with E-state index in [2.05, 4.69) is 9.71 Å². The molecule has 1 aromatic rings. The Morgan fingerprint density at radius 1 is 1.47 bits per heavy atom. The molecule has 1 heterocycles. The van der Waals surface area contributed by atoms with Crippen LogP contribution in [-0.2, 0) is 10.0 Å². The van der Waals surface area contributed by atoms with Crippen molar-refractivity contribution in [1.29, 1.82) is 0 Å². The molecule has 1 rings (SSSR count). The lowest BCUT2D eigenvalue weighted by Crippen LogP contribution is -2.40. The van der Waals surface area contributed by atoms with Gasteiger partial charge in [0.15, 0.2) is 0 Å². The predicted molar refractivity (Wildman–Crippen MR) is 75.0 cm³/mol. The summed E-state index contributed by atoms with van der Waals surface area (Å²) in [6, 6.07) is 1.22. The van der Waals surface area contributed by atoms with Crippen LogP contribution in [0.15, 0.2) is 17.2 Å². The average molecular weight is 327 g/mol. The average Bonchev–Trinajstić information content (AvgIpc) is 2.30. The van der Waals surface area contributed by atoms with Crippen LogP contribution in [-0.4, -0.2) is 30.7 Å². The van der Waals surface area contributed by atoms with Gasteiger partial charge in [-0.2, -0.15) is 0 Å². The van der Waals surface area contributed by atoms with Gasteiger partial charge in [0, 0.05) is 12.7 Å². The minimum Gasteiger partial charge on any atom is -0.389 e. The first-order valence-electron chi connectivity index (χ1n) is 5.71. The lowest BCUT2D eigenvalue weighted by molar-refractivity contribution is 0.0554. The van der Waals surface area contributed by atoms with Crippen LogP contribution < -0.4 is 4.72 Å². The Hall–Kier alpha value is -0.400. The number of pyridine rings is 1. The summed E-state index contributed by atoms with van der Waals surface area (Å²) in [6.45, 7) is 3.40. The Balaban J connectivity index is 2.84. The van der Waals surface area contributed by atoms with Crippen LogP contribution in [0.1, 0.15) is 26.7 Å². The normalized spacial score (nSPS) is 15.2. The molecule has 0 aliphatic rings. The Bertz CT molecular complexity index is 547. The topological polar surface area (TPSA) is 79.3 Å². The first-order chi connectivity index (χ1) is 8.68. The van der Waals surface area contributed by atoms with Crippen LogP contribution in [0.2, 0.25) is 10.2 Å². The summed E-state index contributed by atoms with van der Waals surface area (Å²) in [6.07, 6.45) is 2.36. The van der Waals surface area contributed by atoms with Gasteiger partial charge in [0.25, 0.3) is 0 Å². The van der Waals surface area contributed by atoms with Gasteiger partial charge in [-0.15, -0.1) is 0 Å². The van der Waals surface area contributed by atoms with E-state index in [1.165, 1.54) is 6.07 Å². The van der Waals surface area contributed by atoms with Crippen LogP contribution >= 0.6 is 23.2 Å². The van der Waals surface area contributed by atoms with E-state index in [0.29, 0.717) is 6.42 Å². The highest BCUT2D eigenvalue weighted by Gasteiger charge is 2.24. The van der Waals surface area contributed by atoms with E-state index in [9.17, 15) is 13.5 Å². The van der Waals surface area contributed by atoms with Gasteiger partial charge in [0.2, 0.25) is 10.0 Å². The summed E-state index contributed by atoms with van der Waals surface area (Å²) in [7, 11) is -3.77. The summed E-state index contributed by atoms with van der Waals surface area (Å²) in [5.41, 5.74) is -1.09. The third kappa shape index (κ3) is 4.89. The van der Waals surface area contributed by atoms with E-state index in [1.54, 1.807) is 6.92 Å². The second-order valence-electron chi connectivity index (χ2n) is 4.52. The highest BCUT2D eigenvalue weighted by atomic mass is 35.5. The van der Waals surface area contributed by atoms with Crippen molar-refractivity contribution in [3.63, 3.8) is 0 Å². The molecule has 1 atom stereocenters. The molecule has 0 bridgehead atoms. The summed E-state index contributed by atoms with van der Waals surface area (Å²) in [5.74, 6) is 0. The smallest absolute Gasteiger partial charge is 0.242 e. The van der Waals surface area contributed by atoms with Gasteiger partial charge >= 0.3 is 0 Å². The van der Waals surface area contributed by atoms with E-state index in [0.717, 1.165) is 12.6 Å². The largest absolute Gasteiger partial charge is 0.389 e. The maximum Gasteiger partial charge on any atom is 0.242 e. The Kier molecular flexibility index (Phi) is 5.58. The molecule has 0 fully saturated rings. The molecular formula is C11H16Cl2N2O3S. The first kappa shape index (κ1) is 16.7. The lowest BCUT2D eigenvalue weighted by atomic mass is 10.0. The van der Waals surface area contributed by atoms with Crippen molar-refractivity contribution < 1.29 is 13.5 Å². The van der Waals surface area contributed by atoms with Gasteiger partial charge in [0.1, 0.15) is 10.0 Å². The molecule has 0 saturated carbocycles. The number of aliphatic hydroxyl groups is 1. The maximum atomic E-state index is 12.0. The van der Waals surface area contributed by atoms with Crippen LogP contribution in [0.3, 0.4) is 0 Å². The number of hydrogen-bond acceptors (Lipinski definition) is 4. The van der Waals surface area contributed by atoms with Crippen LogP contribution in [0.25, 0.3) is 0 Å². The van der Waals surface area contributed by atoms with Gasteiger partial charge in [-0.3, -0.25) is 0 Å². The number of nitrogens with zero attached hydrogens (tertiary/aromatic N) is 1. The molecule has 5 nitrogen and oxygen atoms in total. The molecular weight excluding hydrogens is 311 g/mol. The van der Waals surface area contributed by atoms with E-state index in [4.69, 9.17) is 23.2 Å². The predicted octanol–water partition coefficient (Wildman–Crippen LogP) is 2.22. The quantitative estimate of drug-likeness (QED) is 0.785. The zero-order chi connectivity index (χ0) is 14.7. The summed E-state index contributed by atoms with van der Waals surface area (Å²) < 4.78 is 26.3. The molecule has 0 aliphatic heterocycles. The first-order valence-corrected chi connectivity index (χ1v) is 7.95. The molecule has 1 aromatic heterocycles. The number of rotatable bonds is 6. The van der Waals surface area contributed by atoms with Crippen molar-refractivity contribution in [3.05, 3.63) is 22.4 Å². The fourth-order valence-corrected chi connectivity index (χ4v) is 2.98. The molecule has 0 aliphatic carbocycles. The number of sulfonamides is 1. The summed E-state index contributed by atoms with van der Waals surface area (Å²) in [5, 5.41) is 10.0. The fourth-order valence-electron chi connectivity index (χ4n) is 1.51. The van der Waals surface area contributed by atoms with Gasteiger partial charge in [0.05, 0.1) is 10.6 Å². The van der Waals surface area contributed by atoms with Crippen molar-refractivity contribution in [1.82, 2.24) is 9.71 Å². The minimum atomic E-state index is -3.77. The third-order valence-corrected chi connectivity index (χ3v) is 4.57. The van der Waals surface area contributed by atoms with Gasteiger partial charge in [-0.1, -0.05) is 36.5 Å². The summed E-state index contributed by atoms with van der Waals surface area (Å²) >= 11 is 11.3. The van der Waals surface area contributed by atoms with E-state index < -0.39 is 15.6 Å². The molecule has 0 aromatic carbocycles. The standard InChI is InChI=1S/C11H16Cl2N2O3S/c1-3-4-11(2,16)7-15-19(17,18)8-5-9(12)10(13)14-6-8/h5-6,15-16H,3-4,7H2,1-2H3. The number of aromatic nitrogens is 1. The molecule has 0 saturated heterocycles. The van der Waals surface area contributed by atoms with E-state index in [1.807, 2.05) is 6.92 Å². The van der Waals surface area contributed by atoms with Crippen LogP contribution in [0, 0.1) is 0 Å². The molecule has 108 valence electrons. The number of hydrogen-bond donors (Lipinski definition) is 2. The van der Waals surface area contributed by atoms with Crippen molar-refractivity contribution >= 4 is 33.2 Å². The van der Waals surface area contributed by atoms with Crippen molar-refractivity contribution in [2.45, 2.75) is 37.2 Å². The lowest BCUT2D eigenvalue weighted by Gasteiger charge is -2.22. The van der Waals surface area contributed by atoms with E-state index in [-0.39, 0.29) is 21.6 Å². The second-order valence-corrected chi connectivity index (χ2v) is 7.05. The zero-order valence-corrected chi connectivity index (χ0v) is 13.0. The van der Waals surface area contributed by atoms with Gasteiger partial charge in [-0.05, 0) is 19.4 Å². The van der Waals surface area contributed by atoms with Crippen molar-refractivity contribution in [2.75, 3.05) is 6.54 Å². The Labute approximate surface area is 123 Å². The number of halogens is 2. The minimum absolute atomic E-state index is 0.0404.